The van der Waals surface area contributed by atoms with E-state index < -0.39 is 90.6 Å². The predicted octanol–water partition coefficient (Wildman–Crippen LogP) is 0.926. The summed E-state index contributed by atoms with van der Waals surface area (Å²) in [6, 6.07) is 0.505. The van der Waals surface area contributed by atoms with Crippen molar-refractivity contribution in [2.45, 2.75) is 43.7 Å². The van der Waals surface area contributed by atoms with E-state index >= 15 is 4.39 Å². The van der Waals surface area contributed by atoms with Gasteiger partial charge in [-0.25, -0.2) is 4.39 Å². The summed E-state index contributed by atoms with van der Waals surface area (Å²) in [5.74, 6) is -5.42. The summed E-state index contributed by atoms with van der Waals surface area (Å²) in [6.45, 7) is -1.32. The maximum absolute atomic E-state index is 15.0. The SMILES string of the molecule is COC(=O)CC1CN(c2c(F)ccc3c2C(=O)N(C2CCC(=O)NC2=O)C3=O)CC(C(F)(F)F)O1. The number of hydrogen-bond donors (Lipinski definition) is 1. The van der Waals surface area contributed by atoms with Crippen LogP contribution in [0.3, 0.4) is 0 Å². The fourth-order valence-corrected chi connectivity index (χ4v) is 4.41. The fourth-order valence-electron chi connectivity index (χ4n) is 4.41. The zero-order valence-electron chi connectivity index (χ0n) is 18.2. The molecular weight excluding hydrogens is 482 g/mol. The molecule has 0 radical (unpaired) electrons. The number of anilines is 1. The van der Waals surface area contributed by atoms with Gasteiger partial charge in [-0.05, 0) is 18.6 Å². The number of nitrogens with one attached hydrogen (secondary N) is 1. The lowest BCUT2D eigenvalue weighted by molar-refractivity contribution is -0.236. The van der Waals surface area contributed by atoms with Crippen LogP contribution >= 0.6 is 0 Å². The van der Waals surface area contributed by atoms with Gasteiger partial charge in [0.05, 0.1) is 43.0 Å². The first kappa shape index (κ1) is 24.6. The Bertz CT molecular complexity index is 1120. The van der Waals surface area contributed by atoms with Crippen molar-refractivity contribution >= 4 is 35.3 Å². The first-order valence-electron chi connectivity index (χ1n) is 10.5. The normalized spacial score (nSPS) is 25.0. The summed E-state index contributed by atoms with van der Waals surface area (Å²) in [7, 11) is 1.04. The fraction of sp³-hybridized carbons (Fsp3) is 0.476. The van der Waals surface area contributed by atoms with Crippen molar-refractivity contribution in [2.24, 2.45) is 0 Å². The highest BCUT2D eigenvalue weighted by Crippen LogP contribution is 2.39. The Kier molecular flexibility index (Phi) is 6.25. The van der Waals surface area contributed by atoms with Gasteiger partial charge in [0, 0.05) is 13.0 Å². The Morgan fingerprint density at radius 1 is 1.17 bits per heavy atom. The molecule has 2 saturated heterocycles. The zero-order chi connectivity index (χ0) is 25.7. The van der Waals surface area contributed by atoms with Gasteiger partial charge in [-0.15, -0.1) is 0 Å². The second kappa shape index (κ2) is 8.91. The number of benzene rings is 1. The minimum Gasteiger partial charge on any atom is -0.469 e. The van der Waals surface area contributed by atoms with Gasteiger partial charge in [0.25, 0.3) is 11.8 Å². The van der Waals surface area contributed by atoms with Crippen LogP contribution in [0.2, 0.25) is 0 Å². The number of nitrogens with zero attached hydrogens (tertiary/aromatic N) is 2. The van der Waals surface area contributed by atoms with E-state index in [9.17, 15) is 37.1 Å². The first-order valence-corrected chi connectivity index (χ1v) is 10.5. The molecule has 0 aliphatic carbocycles. The molecule has 3 heterocycles. The quantitative estimate of drug-likeness (QED) is 0.367. The Morgan fingerprint density at radius 3 is 2.51 bits per heavy atom. The Labute approximate surface area is 195 Å². The molecular formula is C21H19F4N3O7. The second-order valence-corrected chi connectivity index (χ2v) is 8.24. The lowest BCUT2D eigenvalue weighted by Gasteiger charge is -2.40. The molecule has 3 atom stereocenters. The van der Waals surface area contributed by atoms with E-state index in [1.165, 1.54) is 0 Å². The molecule has 35 heavy (non-hydrogen) atoms. The van der Waals surface area contributed by atoms with Crippen molar-refractivity contribution in [1.82, 2.24) is 10.2 Å². The van der Waals surface area contributed by atoms with Crippen molar-refractivity contribution in [1.29, 1.82) is 0 Å². The third kappa shape index (κ3) is 4.45. The molecule has 3 aliphatic heterocycles. The van der Waals surface area contributed by atoms with Crippen LogP contribution in [-0.4, -0.2) is 79.1 Å². The number of piperidine rings is 1. The van der Waals surface area contributed by atoms with Crippen molar-refractivity contribution in [2.75, 3.05) is 25.1 Å². The number of fused-ring (bicyclic) bond motifs is 1. The number of imide groups is 2. The number of hydrogen-bond acceptors (Lipinski definition) is 8. The molecule has 0 aromatic heterocycles. The molecule has 0 spiro atoms. The number of amides is 4. The van der Waals surface area contributed by atoms with Gasteiger partial charge >= 0.3 is 12.1 Å². The predicted molar refractivity (Wildman–Crippen MR) is 107 cm³/mol. The van der Waals surface area contributed by atoms with Gasteiger partial charge in [-0.3, -0.25) is 34.2 Å². The molecule has 3 unspecified atom stereocenters. The van der Waals surface area contributed by atoms with E-state index in [0.717, 1.165) is 24.1 Å². The standard InChI is InChI=1S/C21H19F4N3O7/c1-34-15(30)6-9-7-27(8-13(35-9)21(23,24)25)17-11(22)3-2-10-16(17)20(33)28(19(10)32)12-4-5-14(29)26-18(12)31/h2-3,9,12-13H,4-8H2,1H3,(H,26,29,31). The van der Waals surface area contributed by atoms with Crippen LogP contribution in [0, 0.1) is 5.82 Å². The van der Waals surface area contributed by atoms with Crippen LogP contribution in [-0.2, 0) is 23.9 Å². The van der Waals surface area contributed by atoms with E-state index in [0.29, 0.717) is 4.90 Å². The van der Waals surface area contributed by atoms with Crippen molar-refractivity contribution < 1.29 is 51.0 Å². The number of ether oxygens (including phenoxy) is 2. The average Bonchev–Trinajstić information content (AvgIpc) is 3.03. The van der Waals surface area contributed by atoms with Gasteiger partial charge in [0.2, 0.25) is 11.8 Å². The van der Waals surface area contributed by atoms with Crippen LogP contribution in [0.5, 0.6) is 0 Å². The highest BCUT2D eigenvalue weighted by Gasteiger charge is 2.50. The molecule has 0 saturated carbocycles. The summed E-state index contributed by atoms with van der Waals surface area (Å²) < 4.78 is 65.2. The van der Waals surface area contributed by atoms with Gasteiger partial charge in [-0.1, -0.05) is 0 Å². The second-order valence-electron chi connectivity index (χ2n) is 8.24. The summed E-state index contributed by atoms with van der Waals surface area (Å²) in [5.41, 5.74) is -1.36. The van der Waals surface area contributed by atoms with E-state index in [2.05, 4.69) is 4.74 Å². The van der Waals surface area contributed by atoms with Crippen LogP contribution in [0.1, 0.15) is 40.0 Å². The maximum Gasteiger partial charge on any atom is 0.416 e. The smallest absolute Gasteiger partial charge is 0.416 e. The third-order valence-corrected chi connectivity index (χ3v) is 6.00. The van der Waals surface area contributed by atoms with Crippen LogP contribution in [0.25, 0.3) is 0 Å². The molecule has 4 rings (SSSR count). The number of alkyl halides is 3. The first-order chi connectivity index (χ1) is 16.4. The number of carbonyl (C=O) groups excluding carboxylic acids is 5. The zero-order valence-corrected chi connectivity index (χ0v) is 18.2. The Hall–Kier alpha value is -3.55. The molecule has 0 bridgehead atoms. The Balaban J connectivity index is 1.72. The maximum atomic E-state index is 15.0. The third-order valence-electron chi connectivity index (χ3n) is 6.00. The minimum absolute atomic E-state index is 0.142. The molecule has 14 heteroatoms. The molecule has 2 fully saturated rings. The summed E-state index contributed by atoms with van der Waals surface area (Å²) >= 11 is 0. The monoisotopic (exact) mass is 501 g/mol. The highest BCUT2D eigenvalue weighted by atomic mass is 19.4. The van der Waals surface area contributed by atoms with Gasteiger partial charge in [-0.2, -0.15) is 13.2 Å². The molecule has 4 amide bonds. The summed E-state index contributed by atoms with van der Waals surface area (Å²) in [5, 5.41) is 2.02. The average molecular weight is 501 g/mol. The van der Waals surface area contributed by atoms with Gasteiger partial charge in [0.15, 0.2) is 6.10 Å². The summed E-state index contributed by atoms with van der Waals surface area (Å²) in [6.07, 6.45) is -9.50. The largest absolute Gasteiger partial charge is 0.469 e. The number of halogens is 4. The topological polar surface area (TPSA) is 122 Å². The molecule has 1 aromatic rings. The number of carbonyl (C=O) groups is 5. The van der Waals surface area contributed by atoms with Crippen molar-refractivity contribution in [3.05, 3.63) is 29.1 Å². The van der Waals surface area contributed by atoms with Gasteiger partial charge in [0.1, 0.15) is 11.9 Å². The van der Waals surface area contributed by atoms with Crippen molar-refractivity contribution in [3.63, 3.8) is 0 Å². The van der Waals surface area contributed by atoms with Crippen LogP contribution < -0.4 is 10.2 Å². The Morgan fingerprint density at radius 2 is 1.89 bits per heavy atom. The number of methoxy groups -OCH3 is 1. The lowest BCUT2D eigenvalue weighted by atomic mass is 10.0. The number of rotatable bonds is 4. The summed E-state index contributed by atoms with van der Waals surface area (Å²) in [4.78, 5) is 63.1. The van der Waals surface area contributed by atoms with E-state index in [4.69, 9.17) is 4.74 Å². The molecule has 10 nitrogen and oxygen atoms in total. The molecule has 188 valence electrons. The van der Waals surface area contributed by atoms with E-state index in [-0.39, 0.29) is 18.4 Å². The van der Waals surface area contributed by atoms with E-state index in [1.54, 1.807) is 0 Å². The number of morpholine rings is 1. The van der Waals surface area contributed by atoms with Crippen LogP contribution in [0.15, 0.2) is 12.1 Å². The highest BCUT2D eigenvalue weighted by molar-refractivity contribution is 6.25. The van der Waals surface area contributed by atoms with E-state index in [1.807, 2.05) is 5.32 Å². The van der Waals surface area contributed by atoms with Crippen molar-refractivity contribution in [3.8, 4) is 0 Å². The molecule has 1 N–H and O–H groups in total. The molecule has 1 aromatic carbocycles. The van der Waals surface area contributed by atoms with Gasteiger partial charge < -0.3 is 14.4 Å². The van der Waals surface area contributed by atoms with Crippen LogP contribution in [0.4, 0.5) is 23.2 Å². The lowest BCUT2D eigenvalue weighted by Crippen LogP contribution is -2.55. The number of esters is 1. The minimum atomic E-state index is -4.87. The molecule has 3 aliphatic rings.